The zero-order valence-corrected chi connectivity index (χ0v) is 26.1. The molecule has 0 saturated carbocycles. The van der Waals surface area contributed by atoms with Gasteiger partial charge in [0.2, 0.25) is 0 Å². The first-order valence-electron chi connectivity index (χ1n) is 11.5. The Morgan fingerprint density at radius 1 is 1.22 bits per heavy atom. The van der Waals surface area contributed by atoms with E-state index in [1.807, 2.05) is 20.8 Å². The van der Waals surface area contributed by atoms with E-state index in [9.17, 15) is 28.4 Å². The van der Waals surface area contributed by atoms with Crippen LogP contribution in [0.3, 0.4) is 0 Å². The Morgan fingerprint density at radius 3 is 2.56 bits per heavy atom. The maximum Gasteiger partial charge on any atom is 0.280 e. The average molecular weight is 675 g/mol. The first kappa shape index (κ1) is 34.5. The molecule has 41 heavy (non-hydrogen) atoms. The van der Waals surface area contributed by atoms with Gasteiger partial charge < -0.3 is 49.6 Å². The summed E-state index contributed by atoms with van der Waals surface area (Å²) in [5, 5.41) is 0.453. The van der Waals surface area contributed by atoms with Crippen LogP contribution in [0, 0.1) is 11.8 Å². The molecule has 1 aliphatic rings. The van der Waals surface area contributed by atoms with Crippen molar-refractivity contribution in [3.05, 3.63) is 18.1 Å². The van der Waals surface area contributed by atoms with Crippen molar-refractivity contribution in [1.29, 1.82) is 0 Å². The van der Waals surface area contributed by atoms with Crippen LogP contribution in [0.4, 0.5) is 5.82 Å². The lowest BCUT2D eigenvalue weighted by Gasteiger charge is -2.33. The number of ether oxygens (including phenoxy) is 2. The summed E-state index contributed by atoms with van der Waals surface area (Å²) in [6, 6.07) is 0. The second-order valence-electron chi connectivity index (χ2n) is 9.24. The highest BCUT2D eigenvalue weighted by molar-refractivity contribution is 8.77. The number of hydrogen-bond donors (Lipinski definition) is 3. The molecule has 0 amide bonds. The second-order valence-corrected chi connectivity index (χ2v) is 16.6. The van der Waals surface area contributed by atoms with Crippen LogP contribution < -0.4 is 26.1 Å². The Bertz CT molecular complexity index is 1440. The molecule has 2 aromatic heterocycles. The van der Waals surface area contributed by atoms with Gasteiger partial charge in [0.15, 0.2) is 0 Å². The van der Waals surface area contributed by atoms with E-state index in [1.54, 1.807) is 21.6 Å². The number of nitrogens with two attached hydrogens (primary N) is 2. The largest absolute Gasteiger partial charge is 0.756 e. The third-order valence-corrected chi connectivity index (χ3v) is 11.6. The molecule has 0 radical (unpaired) electrons. The third-order valence-electron chi connectivity index (χ3n) is 4.89. The van der Waals surface area contributed by atoms with Gasteiger partial charge in [-0.25, -0.2) is 18.6 Å². The Balaban J connectivity index is 1.82. The van der Waals surface area contributed by atoms with E-state index in [0.717, 1.165) is 0 Å². The summed E-state index contributed by atoms with van der Waals surface area (Å²) in [5.74, 6) is 5.97. The van der Waals surface area contributed by atoms with Crippen molar-refractivity contribution < 1.29 is 55.9 Å². The number of phosphoric ester groups is 1. The number of nitrogen functional groups attached to an aromatic ring is 1. The molecule has 0 aliphatic carbocycles. The molecule has 3 rings (SSSR count). The minimum atomic E-state index is -6.05. The van der Waals surface area contributed by atoms with Crippen LogP contribution in [0.1, 0.15) is 39.0 Å². The lowest BCUT2D eigenvalue weighted by atomic mass is 10.2. The lowest BCUT2D eigenvalue weighted by Crippen LogP contribution is -2.30. The first-order chi connectivity index (χ1) is 18.9. The zero-order chi connectivity index (χ0) is 30.6. The number of anilines is 1. The number of aromatic nitrogens is 3. The number of fused-ring (bicyclic) bond motifs is 1. The Hall–Kier alpha value is -1.03. The van der Waals surface area contributed by atoms with Crippen molar-refractivity contribution in [3.8, 4) is 11.8 Å². The molecule has 2 aromatic rings. The highest BCUT2D eigenvalue weighted by atomic mass is 33.1. The molecule has 3 heterocycles. The summed E-state index contributed by atoms with van der Waals surface area (Å²) in [7, 11) is -14.7. The number of hydrogen-bond acceptors (Lipinski definition) is 17. The molecule has 22 heteroatoms. The van der Waals surface area contributed by atoms with Gasteiger partial charge in [-0.05, 0) is 0 Å². The van der Waals surface area contributed by atoms with E-state index in [-0.39, 0.29) is 29.5 Å². The lowest BCUT2D eigenvalue weighted by molar-refractivity contribution is -0.250. The van der Waals surface area contributed by atoms with Crippen LogP contribution >= 0.6 is 45.1 Å². The average Bonchev–Trinajstić information content (AvgIpc) is 3.38. The smallest absolute Gasteiger partial charge is 0.280 e. The standard InChI is InChI=1S/C19H30N5O12P3S2/c1-19(2,3)41-40-11-32-13-7-15(24-8-12(5-4-6-20)16-17(21)22-10-23-18(16)24)34-14(13)9-33-38(28,29)36-39(30,31)35-37(25,26)27/h8,10,13-15H,6-7,9,11,20H2,1-3H3,(H,28,29)(H,30,31)(H2,21,22,23)(H2,25,26,27)/p-3/t13-,14-,15-/m1/s1. The van der Waals surface area contributed by atoms with Gasteiger partial charge in [0.25, 0.3) is 23.5 Å². The van der Waals surface area contributed by atoms with E-state index in [0.29, 0.717) is 16.6 Å². The van der Waals surface area contributed by atoms with Crippen LogP contribution in [0.2, 0.25) is 0 Å². The molecule has 1 fully saturated rings. The summed E-state index contributed by atoms with van der Waals surface area (Å²) in [4.78, 5) is 51.1. The topological polar surface area (TPSA) is 270 Å². The number of nitrogens with zero attached hydrogens (tertiary/aromatic N) is 3. The van der Waals surface area contributed by atoms with Crippen LogP contribution in [0.5, 0.6) is 0 Å². The van der Waals surface area contributed by atoms with Crippen LogP contribution in [0.25, 0.3) is 11.0 Å². The fraction of sp³-hybridized carbons (Fsp3) is 0.579. The third kappa shape index (κ3) is 10.6. The molecule has 230 valence electrons. The monoisotopic (exact) mass is 674 g/mol. The van der Waals surface area contributed by atoms with Crippen molar-refractivity contribution >= 4 is 61.9 Å². The predicted octanol–water partition coefficient (Wildman–Crippen LogP) is 0.581. The Kier molecular flexibility index (Phi) is 11.5. The SMILES string of the molecule is CC(C)(C)SSCO[C@@H]1C[C@H](n2cc(C#CCN)c3c(N)ncnc32)O[C@@H]1COP(=O)([O-])OP(=O)([O-])OP(=O)([O-])O. The van der Waals surface area contributed by atoms with Crippen LogP contribution in [0.15, 0.2) is 12.5 Å². The fourth-order valence-electron chi connectivity index (χ4n) is 3.53. The van der Waals surface area contributed by atoms with Gasteiger partial charge >= 0.3 is 0 Å². The highest BCUT2D eigenvalue weighted by Gasteiger charge is 2.39. The van der Waals surface area contributed by atoms with Crippen molar-refractivity contribution in [3.63, 3.8) is 0 Å². The van der Waals surface area contributed by atoms with Gasteiger partial charge in [-0.2, -0.15) is 0 Å². The molecule has 0 spiro atoms. The minimum absolute atomic E-state index is 0.0700. The maximum absolute atomic E-state index is 12.1. The summed E-state index contributed by atoms with van der Waals surface area (Å²) in [6.07, 6.45) is 0.398. The molecule has 17 nitrogen and oxygen atoms in total. The molecule has 1 saturated heterocycles. The molecule has 0 aromatic carbocycles. The zero-order valence-electron chi connectivity index (χ0n) is 21.8. The number of phosphoric acid groups is 3. The molecular weight excluding hydrogens is 647 g/mol. The van der Waals surface area contributed by atoms with E-state index in [4.69, 9.17) is 25.8 Å². The molecule has 1 aliphatic heterocycles. The fourth-order valence-corrected chi connectivity index (χ4v) is 8.43. The predicted molar refractivity (Wildman–Crippen MR) is 144 cm³/mol. The highest BCUT2D eigenvalue weighted by Crippen LogP contribution is 2.61. The molecule has 6 atom stereocenters. The number of rotatable bonds is 12. The molecule has 3 unspecified atom stereocenters. The normalized spacial score (nSPS) is 23.9. The van der Waals surface area contributed by atoms with Crippen LogP contribution in [-0.4, -0.2) is 55.5 Å². The summed E-state index contributed by atoms with van der Waals surface area (Å²) in [5.41, 5.74) is 12.4. The van der Waals surface area contributed by atoms with Gasteiger partial charge in [-0.3, -0.25) is 13.7 Å². The van der Waals surface area contributed by atoms with Gasteiger partial charge in [-0.1, -0.05) is 54.2 Å². The van der Waals surface area contributed by atoms with Crippen molar-refractivity contribution in [2.24, 2.45) is 5.73 Å². The van der Waals surface area contributed by atoms with Gasteiger partial charge in [-0.15, -0.1) is 0 Å². The van der Waals surface area contributed by atoms with Crippen LogP contribution in [-0.2, 0) is 36.3 Å². The minimum Gasteiger partial charge on any atom is -0.756 e. The van der Waals surface area contributed by atoms with Crippen molar-refractivity contribution in [2.45, 2.75) is 50.4 Å². The maximum atomic E-state index is 12.1. The summed E-state index contributed by atoms with van der Waals surface area (Å²) in [6.45, 7) is 5.34. The Labute approximate surface area is 242 Å². The van der Waals surface area contributed by atoms with Gasteiger partial charge in [0, 0.05) is 17.4 Å². The molecule has 0 bridgehead atoms. The van der Waals surface area contributed by atoms with Gasteiger partial charge in [0.1, 0.15) is 36.1 Å². The van der Waals surface area contributed by atoms with E-state index >= 15 is 0 Å². The van der Waals surface area contributed by atoms with E-state index < -0.39 is 48.5 Å². The molecule has 5 N–H and O–H groups in total. The van der Waals surface area contributed by atoms with E-state index in [2.05, 4.69) is 35.0 Å². The van der Waals surface area contributed by atoms with Gasteiger partial charge in [0.05, 0.1) is 30.2 Å². The quantitative estimate of drug-likeness (QED) is 0.0913. The second kappa shape index (κ2) is 13.7. The van der Waals surface area contributed by atoms with Crippen molar-refractivity contribution in [2.75, 3.05) is 24.8 Å². The summed E-state index contributed by atoms with van der Waals surface area (Å²) >= 11 is 0. The Morgan fingerprint density at radius 2 is 1.93 bits per heavy atom. The molecular formula is C19H27N5O12P3S2-3. The first-order valence-corrected chi connectivity index (χ1v) is 18.2. The summed E-state index contributed by atoms with van der Waals surface area (Å²) < 4.78 is 59.5. The van der Waals surface area contributed by atoms with E-state index in [1.165, 1.54) is 17.1 Å². The van der Waals surface area contributed by atoms with Crippen molar-refractivity contribution in [1.82, 2.24) is 14.5 Å².